The highest BCUT2D eigenvalue weighted by molar-refractivity contribution is 6.35. The second-order valence-electron chi connectivity index (χ2n) is 6.21. The minimum atomic E-state index is -0.0435. The maximum absolute atomic E-state index is 12.3. The standard InChI is InChI=1S/C19H19NO2/c1-11-6-5-8-15-18(11)14(19(21)20-15)10-17-12(2)13-7-3-4-9-16(13)22-17/h5-6,8,10H,3-4,7,9H2,1-2H3,(H,20,21). The molecule has 4 rings (SSSR count). The molecule has 112 valence electrons. The van der Waals surface area contributed by atoms with Crippen LogP contribution >= 0.6 is 0 Å². The quantitative estimate of drug-likeness (QED) is 0.798. The Hall–Kier alpha value is -2.29. The average molecular weight is 293 g/mol. The molecule has 3 nitrogen and oxygen atoms in total. The maximum atomic E-state index is 12.3. The Morgan fingerprint density at radius 1 is 1.18 bits per heavy atom. The van der Waals surface area contributed by atoms with E-state index in [1.807, 2.05) is 31.2 Å². The normalized spacial score (nSPS) is 18.3. The number of aryl methyl sites for hydroxylation is 2. The molecule has 0 radical (unpaired) electrons. The Labute approximate surface area is 130 Å². The summed E-state index contributed by atoms with van der Waals surface area (Å²) in [6.45, 7) is 4.14. The summed E-state index contributed by atoms with van der Waals surface area (Å²) in [6, 6.07) is 5.95. The molecular formula is C19H19NO2. The third-order valence-corrected chi connectivity index (χ3v) is 4.78. The zero-order valence-electron chi connectivity index (χ0n) is 13.0. The van der Waals surface area contributed by atoms with Gasteiger partial charge in [-0.25, -0.2) is 0 Å². The maximum Gasteiger partial charge on any atom is 0.256 e. The second-order valence-corrected chi connectivity index (χ2v) is 6.21. The van der Waals surface area contributed by atoms with Gasteiger partial charge in [-0.3, -0.25) is 4.79 Å². The Morgan fingerprint density at radius 2 is 2.00 bits per heavy atom. The molecule has 22 heavy (non-hydrogen) atoms. The van der Waals surface area contributed by atoms with E-state index in [0.717, 1.165) is 41.2 Å². The van der Waals surface area contributed by atoms with Crippen LogP contribution in [-0.4, -0.2) is 5.91 Å². The third-order valence-electron chi connectivity index (χ3n) is 4.78. The van der Waals surface area contributed by atoms with Crippen molar-refractivity contribution in [3.8, 4) is 0 Å². The number of rotatable bonds is 1. The van der Waals surface area contributed by atoms with Crippen molar-refractivity contribution in [2.75, 3.05) is 5.32 Å². The summed E-state index contributed by atoms with van der Waals surface area (Å²) < 4.78 is 6.05. The fraction of sp³-hybridized carbons (Fsp3) is 0.316. The van der Waals surface area contributed by atoms with E-state index < -0.39 is 0 Å². The van der Waals surface area contributed by atoms with Crippen LogP contribution in [0.4, 0.5) is 5.69 Å². The molecule has 0 fully saturated rings. The lowest BCUT2D eigenvalue weighted by Gasteiger charge is -2.08. The molecule has 0 saturated carbocycles. The van der Waals surface area contributed by atoms with Gasteiger partial charge in [0.25, 0.3) is 5.91 Å². The molecule has 2 aromatic rings. The first-order valence-electron chi connectivity index (χ1n) is 7.89. The molecule has 1 amide bonds. The van der Waals surface area contributed by atoms with Gasteiger partial charge in [-0.15, -0.1) is 0 Å². The highest BCUT2D eigenvalue weighted by Crippen LogP contribution is 2.37. The number of carbonyl (C=O) groups excluding carboxylic acids is 1. The highest BCUT2D eigenvalue weighted by Gasteiger charge is 2.27. The van der Waals surface area contributed by atoms with Crippen LogP contribution in [0.25, 0.3) is 11.6 Å². The summed E-state index contributed by atoms with van der Waals surface area (Å²) in [5.41, 5.74) is 6.25. The van der Waals surface area contributed by atoms with Gasteiger partial charge in [0.05, 0.1) is 5.57 Å². The summed E-state index contributed by atoms with van der Waals surface area (Å²) in [4.78, 5) is 12.3. The fourth-order valence-electron chi connectivity index (χ4n) is 3.58. The zero-order chi connectivity index (χ0) is 15.3. The van der Waals surface area contributed by atoms with Gasteiger partial charge in [0.1, 0.15) is 11.5 Å². The number of nitrogens with one attached hydrogen (secondary N) is 1. The van der Waals surface area contributed by atoms with Gasteiger partial charge in [0.2, 0.25) is 0 Å². The molecule has 1 aromatic heterocycles. The van der Waals surface area contributed by atoms with Crippen molar-refractivity contribution in [3.05, 3.63) is 52.0 Å². The number of carbonyl (C=O) groups is 1. The van der Waals surface area contributed by atoms with Crippen molar-refractivity contribution in [1.82, 2.24) is 0 Å². The largest absolute Gasteiger partial charge is 0.461 e. The predicted octanol–water partition coefficient (Wildman–Crippen LogP) is 4.27. The molecule has 1 N–H and O–H groups in total. The van der Waals surface area contributed by atoms with E-state index in [1.54, 1.807) is 0 Å². The molecule has 0 saturated heterocycles. The molecule has 0 unspecified atom stereocenters. The van der Waals surface area contributed by atoms with Crippen molar-refractivity contribution in [3.63, 3.8) is 0 Å². The van der Waals surface area contributed by atoms with Crippen LogP contribution in [0.15, 0.2) is 22.6 Å². The van der Waals surface area contributed by atoms with Crippen molar-refractivity contribution in [2.45, 2.75) is 39.5 Å². The second kappa shape index (κ2) is 4.87. The molecule has 2 heterocycles. The van der Waals surface area contributed by atoms with Crippen molar-refractivity contribution >= 4 is 23.2 Å². The number of furan rings is 1. The van der Waals surface area contributed by atoms with Gasteiger partial charge in [-0.05, 0) is 61.9 Å². The van der Waals surface area contributed by atoms with Crippen molar-refractivity contribution in [2.24, 2.45) is 0 Å². The van der Waals surface area contributed by atoms with Gasteiger partial charge in [0.15, 0.2) is 0 Å². The molecular weight excluding hydrogens is 274 g/mol. The van der Waals surface area contributed by atoms with Gasteiger partial charge in [0, 0.05) is 17.7 Å². The smallest absolute Gasteiger partial charge is 0.256 e. The van der Waals surface area contributed by atoms with Crippen LogP contribution in [0.3, 0.4) is 0 Å². The topological polar surface area (TPSA) is 42.2 Å². The first kappa shape index (κ1) is 13.4. The summed E-state index contributed by atoms with van der Waals surface area (Å²) in [5, 5.41) is 2.94. The van der Waals surface area contributed by atoms with E-state index in [1.165, 1.54) is 24.0 Å². The first-order valence-corrected chi connectivity index (χ1v) is 7.89. The van der Waals surface area contributed by atoms with Crippen LogP contribution < -0.4 is 5.32 Å². The summed E-state index contributed by atoms with van der Waals surface area (Å²) in [5.74, 6) is 1.91. The lowest BCUT2D eigenvalue weighted by atomic mass is 9.94. The third kappa shape index (κ3) is 1.92. The number of benzene rings is 1. The molecule has 0 spiro atoms. The Bertz CT molecular complexity index is 811. The van der Waals surface area contributed by atoms with Crippen molar-refractivity contribution < 1.29 is 9.21 Å². The minimum Gasteiger partial charge on any atom is -0.461 e. The van der Waals surface area contributed by atoms with Crippen molar-refractivity contribution in [1.29, 1.82) is 0 Å². The van der Waals surface area contributed by atoms with Gasteiger partial charge in [-0.1, -0.05) is 12.1 Å². The zero-order valence-corrected chi connectivity index (χ0v) is 13.0. The van der Waals surface area contributed by atoms with Crippen LogP contribution in [0.1, 0.15) is 46.6 Å². The molecule has 1 aromatic carbocycles. The predicted molar refractivity (Wildman–Crippen MR) is 87.8 cm³/mol. The average Bonchev–Trinajstić information content (AvgIpc) is 2.99. The van der Waals surface area contributed by atoms with Gasteiger partial charge in [-0.2, -0.15) is 0 Å². The first-order chi connectivity index (χ1) is 10.6. The van der Waals surface area contributed by atoms with E-state index in [2.05, 4.69) is 12.2 Å². The molecule has 0 atom stereocenters. The number of hydrogen-bond acceptors (Lipinski definition) is 2. The lowest BCUT2D eigenvalue weighted by molar-refractivity contribution is -0.110. The van der Waals surface area contributed by atoms with Crippen LogP contribution in [0.5, 0.6) is 0 Å². The monoisotopic (exact) mass is 293 g/mol. The minimum absolute atomic E-state index is 0.0435. The van der Waals surface area contributed by atoms with Gasteiger partial charge >= 0.3 is 0 Å². The number of anilines is 1. The van der Waals surface area contributed by atoms with Gasteiger partial charge < -0.3 is 9.73 Å². The van der Waals surface area contributed by atoms with Crippen LogP contribution in [0, 0.1) is 13.8 Å². The highest BCUT2D eigenvalue weighted by atomic mass is 16.3. The molecule has 0 bridgehead atoms. The Morgan fingerprint density at radius 3 is 2.82 bits per heavy atom. The SMILES string of the molecule is Cc1cccc2c1C(=Cc1oc3c(c1C)CCCC3)C(=O)N2. The van der Waals surface area contributed by atoms with E-state index in [4.69, 9.17) is 4.42 Å². The van der Waals surface area contributed by atoms with Crippen LogP contribution in [-0.2, 0) is 17.6 Å². The Kier molecular flexibility index (Phi) is 2.96. The number of hydrogen-bond donors (Lipinski definition) is 1. The molecule has 1 aliphatic carbocycles. The summed E-state index contributed by atoms with van der Waals surface area (Å²) >= 11 is 0. The van der Waals surface area contributed by atoms with E-state index in [0.29, 0.717) is 5.57 Å². The number of amides is 1. The molecule has 3 heteroatoms. The Balaban J connectivity index is 1.85. The van der Waals surface area contributed by atoms with E-state index in [9.17, 15) is 4.79 Å². The number of fused-ring (bicyclic) bond motifs is 2. The lowest BCUT2D eigenvalue weighted by Crippen LogP contribution is -2.03. The summed E-state index contributed by atoms with van der Waals surface area (Å²) in [6.07, 6.45) is 6.45. The molecule has 1 aliphatic heterocycles. The molecule has 2 aliphatic rings. The van der Waals surface area contributed by atoms with Crippen LogP contribution in [0.2, 0.25) is 0 Å². The summed E-state index contributed by atoms with van der Waals surface area (Å²) in [7, 11) is 0. The van der Waals surface area contributed by atoms with E-state index in [-0.39, 0.29) is 5.91 Å². The van der Waals surface area contributed by atoms with E-state index >= 15 is 0 Å². The fourth-order valence-corrected chi connectivity index (χ4v) is 3.58.